The molecule has 1 aromatic rings. The Labute approximate surface area is 124 Å². The Kier molecular flexibility index (Phi) is 5.49. The summed E-state index contributed by atoms with van der Waals surface area (Å²) in [6.07, 6.45) is 1.06. The summed E-state index contributed by atoms with van der Waals surface area (Å²) in [4.78, 5) is 14.9. The number of hydrogen-bond acceptors (Lipinski definition) is 6. The molecule has 0 spiro atoms. The van der Waals surface area contributed by atoms with E-state index in [0.717, 1.165) is 51.3 Å². The Morgan fingerprint density at radius 2 is 1.95 bits per heavy atom. The zero-order valence-electron chi connectivity index (χ0n) is 12.1. The van der Waals surface area contributed by atoms with Crippen LogP contribution in [-0.2, 0) is 6.54 Å². The van der Waals surface area contributed by atoms with Gasteiger partial charge in [-0.1, -0.05) is 6.07 Å². The van der Waals surface area contributed by atoms with Crippen molar-refractivity contribution in [1.82, 2.24) is 9.80 Å². The van der Waals surface area contributed by atoms with Crippen LogP contribution in [0.1, 0.15) is 12.0 Å². The molecular formula is C14H22N4O3. The minimum absolute atomic E-state index is 0.0382. The van der Waals surface area contributed by atoms with Gasteiger partial charge in [-0.3, -0.25) is 19.9 Å². The molecule has 1 fully saturated rings. The lowest BCUT2D eigenvalue weighted by molar-refractivity contribution is -0.383. The van der Waals surface area contributed by atoms with Crippen molar-refractivity contribution in [2.45, 2.75) is 13.0 Å². The van der Waals surface area contributed by atoms with Crippen molar-refractivity contribution in [1.29, 1.82) is 0 Å². The lowest BCUT2D eigenvalue weighted by atomic mass is 10.1. The third-order valence-corrected chi connectivity index (χ3v) is 3.79. The molecule has 0 radical (unpaired) electrons. The van der Waals surface area contributed by atoms with Gasteiger partial charge in [0.2, 0.25) is 0 Å². The third-order valence-electron chi connectivity index (χ3n) is 3.79. The van der Waals surface area contributed by atoms with Crippen molar-refractivity contribution < 1.29 is 10.0 Å². The van der Waals surface area contributed by atoms with Gasteiger partial charge in [-0.25, -0.2) is 0 Å². The summed E-state index contributed by atoms with van der Waals surface area (Å²) in [6, 6.07) is 4.93. The number of aliphatic hydroxyl groups excluding tert-OH is 1. The molecule has 2 rings (SSSR count). The number of hydrogen-bond donors (Lipinski definition) is 2. The number of anilines is 1. The first kappa shape index (κ1) is 15.7. The molecule has 7 heteroatoms. The van der Waals surface area contributed by atoms with Crippen molar-refractivity contribution in [2.75, 3.05) is 45.1 Å². The molecule has 0 bridgehead atoms. The Morgan fingerprint density at radius 1 is 1.24 bits per heavy atom. The van der Waals surface area contributed by atoms with Crippen LogP contribution in [0.4, 0.5) is 11.4 Å². The summed E-state index contributed by atoms with van der Waals surface area (Å²) in [5, 5.41) is 19.7. The van der Waals surface area contributed by atoms with Crippen LogP contribution in [0.2, 0.25) is 0 Å². The number of rotatable bonds is 5. The quantitative estimate of drug-likeness (QED) is 0.471. The van der Waals surface area contributed by atoms with Crippen molar-refractivity contribution in [3.05, 3.63) is 33.9 Å². The summed E-state index contributed by atoms with van der Waals surface area (Å²) in [5.41, 5.74) is 6.90. The molecule has 21 heavy (non-hydrogen) atoms. The molecule has 1 aliphatic heterocycles. The molecule has 1 heterocycles. The highest BCUT2D eigenvalue weighted by molar-refractivity contribution is 5.59. The molecule has 0 saturated carbocycles. The van der Waals surface area contributed by atoms with E-state index in [1.165, 1.54) is 6.07 Å². The summed E-state index contributed by atoms with van der Waals surface area (Å²) >= 11 is 0. The average Bonchev–Trinajstić information content (AvgIpc) is 2.65. The van der Waals surface area contributed by atoms with Gasteiger partial charge in [0.25, 0.3) is 5.69 Å². The molecular weight excluding hydrogens is 272 g/mol. The first-order chi connectivity index (χ1) is 10.1. The maximum Gasteiger partial charge on any atom is 0.292 e. The predicted octanol–water partition coefficient (Wildman–Crippen LogP) is 0.677. The molecule has 116 valence electrons. The maximum atomic E-state index is 10.8. The van der Waals surface area contributed by atoms with Crippen LogP contribution >= 0.6 is 0 Å². The molecule has 1 saturated heterocycles. The second kappa shape index (κ2) is 7.35. The molecule has 1 aliphatic rings. The predicted molar refractivity (Wildman–Crippen MR) is 80.9 cm³/mol. The number of β-amino-alcohol motifs (C(OH)–C–C–N with tert-alkyl or cyclic N) is 1. The Bertz CT molecular complexity index is 495. The highest BCUT2D eigenvalue weighted by Gasteiger charge is 2.16. The van der Waals surface area contributed by atoms with Crippen molar-refractivity contribution >= 4 is 11.4 Å². The Hall–Kier alpha value is -1.70. The van der Waals surface area contributed by atoms with E-state index in [1.807, 2.05) is 0 Å². The molecule has 0 aliphatic carbocycles. The second-order valence-electron chi connectivity index (χ2n) is 5.35. The van der Waals surface area contributed by atoms with Gasteiger partial charge in [-0.05, 0) is 31.1 Å². The summed E-state index contributed by atoms with van der Waals surface area (Å²) < 4.78 is 0. The molecule has 0 aromatic heterocycles. The first-order valence-electron chi connectivity index (χ1n) is 7.18. The highest BCUT2D eigenvalue weighted by atomic mass is 16.6. The normalized spacial score (nSPS) is 17.6. The van der Waals surface area contributed by atoms with E-state index in [0.29, 0.717) is 0 Å². The van der Waals surface area contributed by atoms with E-state index < -0.39 is 4.92 Å². The largest absolute Gasteiger partial charge is 0.395 e. The smallest absolute Gasteiger partial charge is 0.292 e. The highest BCUT2D eigenvalue weighted by Crippen LogP contribution is 2.23. The molecule has 0 atom stereocenters. The molecule has 1 aromatic carbocycles. The first-order valence-corrected chi connectivity index (χ1v) is 7.18. The minimum Gasteiger partial charge on any atom is -0.395 e. The van der Waals surface area contributed by atoms with Gasteiger partial charge in [0, 0.05) is 32.2 Å². The Morgan fingerprint density at radius 3 is 2.62 bits per heavy atom. The van der Waals surface area contributed by atoms with Crippen LogP contribution in [0, 0.1) is 10.1 Å². The fourth-order valence-corrected chi connectivity index (χ4v) is 2.67. The van der Waals surface area contributed by atoms with Crippen LogP contribution in [0.15, 0.2) is 18.2 Å². The average molecular weight is 294 g/mol. The fraction of sp³-hybridized carbons (Fsp3) is 0.571. The van der Waals surface area contributed by atoms with Gasteiger partial charge in [0.05, 0.1) is 11.5 Å². The molecule has 0 amide bonds. The van der Waals surface area contributed by atoms with Gasteiger partial charge in [-0.2, -0.15) is 0 Å². The van der Waals surface area contributed by atoms with E-state index in [4.69, 9.17) is 10.8 Å². The summed E-state index contributed by atoms with van der Waals surface area (Å²) in [6.45, 7) is 5.50. The molecule has 0 unspecified atom stereocenters. The summed E-state index contributed by atoms with van der Waals surface area (Å²) in [5.74, 6) is 0. The van der Waals surface area contributed by atoms with Crippen LogP contribution in [-0.4, -0.2) is 59.2 Å². The SMILES string of the molecule is Nc1cc(CN2CCCN(CCO)CC2)ccc1[N+](=O)[O-]. The van der Waals surface area contributed by atoms with Crippen molar-refractivity contribution in [2.24, 2.45) is 0 Å². The van der Waals surface area contributed by atoms with Gasteiger partial charge >= 0.3 is 0 Å². The number of nitrogens with zero attached hydrogens (tertiary/aromatic N) is 3. The molecule has 7 nitrogen and oxygen atoms in total. The lowest BCUT2D eigenvalue weighted by Gasteiger charge is -2.21. The maximum absolute atomic E-state index is 10.8. The van der Waals surface area contributed by atoms with Gasteiger partial charge in [0.1, 0.15) is 5.69 Å². The zero-order valence-corrected chi connectivity index (χ0v) is 12.1. The van der Waals surface area contributed by atoms with Gasteiger partial charge < -0.3 is 10.8 Å². The monoisotopic (exact) mass is 294 g/mol. The number of nitro groups is 1. The van der Waals surface area contributed by atoms with Gasteiger partial charge in [-0.15, -0.1) is 0 Å². The van der Waals surface area contributed by atoms with E-state index in [-0.39, 0.29) is 18.0 Å². The third kappa shape index (κ3) is 4.38. The van der Waals surface area contributed by atoms with Crippen LogP contribution in [0.5, 0.6) is 0 Å². The standard InChI is InChI=1S/C14H22N4O3/c15-13-10-12(2-3-14(13)18(20)21)11-17-5-1-4-16(6-7-17)8-9-19/h2-3,10,19H,1,4-9,11,15H2. The summed E-state index contributed by atoms with van der Waals surface area (Å²) in [7, 11) is 0. The topological polar surface area (TPSA) is 95.9 Å². The van der Waals surface area contributed by atoms with E-state index in [9.17, 15) is 10.1 Å². The van der Waals surface area contributed by atoms with E-state index in [2.05, 4.69) is 9.80 Å². The van der Waals surface area contributed by atoms with E-state index in [1.54, 1.807) is 12.1 Å². The number of nitrogen functional groups attached to an aromatic ring is 1. The minimum atomic E-state index is -0.461. The van der Waals surface area contributed by atoms with Crippen molar-refractivity contribution in [3.63, 3.8) is 0 Å². The molecule has 3 N–H and O–H groups in total. The Balaban J connectivity index is 1.95. The number of benzene rings is 1. The lowest BCUT2D eigenvalue weighted by Crippen LogP contribution is -2.32. The zero-order chi connectivity index (χ0) is 15.2. The fourth-order valence-electron chi connectivity index (χ4n) is 2.67. The van der Waals surface area contributed by atoms with Crippen LogP contribution in [0.25, 0.3) is 0 Å². The second-order valence-corrected chi connectivity index (χ2v) is 5.35. The number of nitro benzene ring substituents is 1. The van der Waals surface area contributed by atoms with Crippen LogP contribution < -0.4 is 5.73 Å². The number of aliphatic hydroxyl groups is 1. The van der Waals surface area contributed by atoms with E-state index >= 15 is 0 Å². The number of nitrogens with two attached hydrogens (primary N) is 1. The van der Waals surface area contributed by atoms with Crippen molar-refractivity contribution in [3.8, 4) is 0 Å². The van der Waals surface area contributed by atoms with Crippen LogP contribution in [0.3, 0.4) is 0 Å². The van der Waals surface area contributed by atoms with Gasteiger partial charge in [0.15, 0.2) is 0 Å².